The van der Waals surface area contributed by atoms with Crippen LogP contribution in [0.5, 0.6) is 0 Å². The fraction of sp³-hybridized carbons (Fsp3) is 0.500. The minimum atomic E-state index is -0.373. The number of esters is 1. The molecule has 0 atom stereocenters. The lowest BCUT2D eigenvalue weighted by Crippen LogP contribution is -2.30. The third-order valence-electron chi connectivity index (χ3n) is 5.20. The number of carbonyl (C=O) groups excluding carboxylic acids is 2. The van der Waals surface area contributed by atoms with E-state index in [0.29, 0.717) is 41.2 Å². The van der Waals surface area contributed by atoms with Gasteiger partial charge < -0.3 is 4.74 Å². The van der Waals surface area contributed by atoms with E-state index in [-0.39, 0.29) is 11.9 Å². The van der Waals surface area contributed by atoms with Crippen molar-refractivity contribution in [1.82, 2.24) is 4.98 Å². The average Bonchev–Trinajstić information content (AvgIpc) is 3.35. The molecule has 2 aromatic rings. The Labute approximate surface area is 170 Å². The number of hydrogen-bond donors (Lipinski definition) is 0. The van der Waals surface area contributed by atoms with E-state index in [1.54, 1.807) is 18.7 Å². The molecular weight excluding hydrogens is 372 g/mol. The second kappa shape index (κ2) is 9.82. The van der Waals surface area contributed by atoms with Gasteiger partial charge in [0.05, 0.1) is 18.8 Å². The summed E-state index contributed by atoms with van der Waals surface area (Å²) in [5.41, 5.74) is 1.65. The van der Waals surface area contributed by atoms with Crippen molar-refractivity contribution in [3.8, 4) is 0 Å². The van der Waals surface area contributed by atoms with Gasteiger partial charge in [-0.15, -0.1) is 0 Å². The molecule has 0 spiro atoms. The van der Waals surface area contributed by atoms with E-state index in [9.17, 15) is 9.59 Å². The van der Waals surface area contributed by atoms with Crippen LogP contribution >= 0.6 is 11.3 Å². The highest BCUT2D eigenvalue weighted by Crippen LogP contribution is 2.31. The second-order valence-electron chi connectivity index (χ2n) is 7.29. The molecule has 1 aliphatic carbocycles. The Hall–Kier alpha value is -2.21. The number of aryl methyl sites for hydroxylation is 1. The molecule has 0 aliphatic heterocycles. The number of aromatic nitrogens is 1. The SMILES string of the molecule is CCOC(=O)c1sc(N(Cc2ccccc2)C(=O)CCC2CCCC2)nc1C. The summed E-state index contributed by atoms with van der Waals surface area (Å²) in [4.78, 5) is 32.0. The van der Waals surface area contributed by atoms with Gasteiger partial charge >= 0.3 is 5.97 Å². The van der Waals surface area contributed by atoms with Gasteiger partial charge in [0.15, 0.2) is 5.13 Å². The lowest BCUT2D eigenvalue weighted by atomic mass is 10.0. The fourth-order valence-electron chi connectivity index (χ4n) is 3.67. The van der Waals surface area contributed by atoms with Crippen LogP contribution in [-0.2, 0) is 16.1 Å². The van der Waals surface area contributed by atoms with Crippen molar-refractivity contribution in [2.75, 3.05) is 11.5 Å². The first-order valence-corrected chi connectivity index (χ1v) is 10.9. The molecule has 0 saturated heterocycles. The smallest absolute Gasteiger partial charge is 0.350 e. The molecule has 0 N–H and O–H groups in total. The standard InChI is InChI=1S/C22H28N2O3S/c1-3-27-21(26)20-16(2)23-22(28-20)24(15-18-11-5-4-6-12-18)19(25)14-13-17-9-7-8-10-17/h4-6,11-12,17H,3,7-10,13-15H2,1-2H3. The van der Waals surface area contributed by atoms with Crippen LogP contribution in [0.25, 0.3) is 0 Å². The number of rotatable bonds is 8. The summed E-state index contributed by atoms with van der Waals surface area (Å²) in [5, 5.41) is 0.570. The van der Waals surface area contributed by atoms with Gasteiger partial charge in [0, 0.05) is 6.42 Å². The van der Waals surface area contributed by atoms with Gasteiger partial charge in [-0.25, -0.2) is 9.78 Å². The highest BCUT2D eigenvalue weighted by atomic mass is 32.1. The van der Waals surface area contributed by atoms with E-state index < -0.39 is 0 Å². The summed E-state index contributed by atoms with van der Waals surface area (Å²) < 4.78 is 5.12. The summed E-state index contributed by atoms with van der Waals surface area (Å²) >= 11 is 1.24. The lowest BCUT2D eigenvalue weighted by molar-refractivity contribution is -0.119. The molecule has 0 unspecified atom stereocenters. The molecule has 6 heteroatoms. The van der Waals surface area contributed by atoms with E-state index in [0.717, 1.165) is 12.0 Å². The Morgan fingerprint density at radius 3 is 2.61 bits per heavy atom. The maximum absolute atomic E-state index is 13.1. The lowest BCUT2D eigenvalue weighted by Gasteiger charge is -2.21. The van der Waals surface area contributed by atoms with E-state index in [1.165, 1.54) is 37.0 Å². The molecule has 0 bridgehead atoms. The molecule has 150 valence electrons. The van der Waals surface area contributed by atoms with Crippen molar-refractivity contribution in [3.63, 3.8) is 0 Å². The third-order valence-corrected chi connectivity index (χ3v) is 6.36. The van der Waals surface area contributed by atoms with E-state index in [1.807, 2.05) is 30.3 Å². The summed E-state index contributed by atoms with van der Waals surface area (Å²) in [6.45, 7) is 4.35. The summed E-state index contributed by atoms with van der Waals surface area (Å²) in [6, 6.07) is 9.90. The first-order valence-electron chi connectivity index (χ1n) is 10.1. The number of thiazole rings is 1. The van der Waals surface area contributed by atoms with Crippen molar-refractivity contribution in [3.05, 3.63) is 46.5 Å². The molecule has 1 heterocycles. The third kappa shape index (κ3) is 5.19. The summed E-state index contributed by atoms with van der Waals surface area (Å²) in [7, 11) is 0. The number of ether oxygens (including phenoxy) is 1. The van der Waals surface area contributed by atoms with Gasteiger partial charge in [-0.1, -0.05) is 67.4 Å². The number of amides is 1. The first-order chi connectivity index (χ1) is 13.6. The number of benzene rings is 1. The van der Waals surface area contributed by atoms with Crippen LogP contribution in [0.3, 0.4) is 0 Å². The second-order valence-corrected chi connectivity index (χ2v) is 8.26. The normalized spacial score (nSPS) is 14.2. The molecule has 1 saturated carbocycles. The highest BCUT2D eigenvalue weighted by Gasteiger charge is 2.25. The minimum Gasteiger partial charge on any atom is -0.462 e. The Kier molecular flexibility index (Phi) is 7.20. The van der Waals surface area contributed by atoms with Crippen molar-refractivity contribution in [2.24, 2.45) is 5.92 Å². The Bertz CT molecular complexity index is 797. The topological polar surface area (TPSA) is 59.5 Å². The van der Waals surface area contributed by atoms with Gasteiger partial charge in [-0.3, -0.25) is 9.69 Å². The molecular formula is C22H28N2O3S. The number of carbonyl (C=O) groups is 2. The van der Waals surface area contributed by atoms with Crippen molar-refractivity contribution in [1.29, 1.82) is 0 Å². The largest absolute Gasteiger partial charge is 0.462 e. The summed E-state index contributed by atoms with van der Waals surface area (Å²) in [5.74, 6) is 0.359. The Morgan fingerprint density at radius 2 is 1.93 bits per heavy atom. The Balaban J connectivity index is 1.80. The average molecular weight is 401 g/mol. The van der Waals surface area contributed by atoms with Crippen LogP contribution in [0.4, 0.5) is 5.13 Å². The summed E-state index contributed by atoms with van der Waals surface area (Å²) in [6.07, 6.45) is 6.47. The van der Waals surface area contributed by atoms with Crippen LogP contribution in [0, 0.1) is 12.8 Å². The zero-order valence-corrected chi connectivity index (χ0v) is 17.5. The first kappa shape index (κ1) is 20.5. The van der Waals surface area contributed by atoms with Gasteiger partial charge in [0.1, 0.15) is 4.88 Å². The zero-order valence-electron chi connectivity index (χ0n) is 16.6. The van der Waals surface area contributed by atoms with Gasteiger partial charge in [-0.2, -0.15) is 0 Å². The number of nitrogens with zero attached hydrogens (tertiary/aromatic N) is 2. The molecule has 1 amide bonds. The van der Waals surface area contributed by atoms with E-state index >= 15 is 0 Å². The maximum atomic E-state index is 13.1. The monoisotopic (exact) mass is 400 g/mol. The maximum Gasteiger partial charge on any atom is 0.350 e. The van der Waals surface area contributed by atoms with Crippen LogP contribution in [0.2, 0.25) is 0 Å². The van der Waals surface area contributed by atoms with Crippen LogP contribution in [0.15, 0.2) is 30.3 Å². The highest BCUT2D eigenvalue weighted by molar-refractivity contribution is 7.17. The quantitative estimate of drug-likeness (QED) is 0.576. The zero-order chi connectivity index (χ0) is 19.9. The molecule has 28 heavy (non-hydrogen) atoms. The molecule has 0 radical (unpaired) electrons. The van der Waals surface area contributed by atoms with Gasteiger partial charge in [0.2, 0.25) is 5.91 Å². The molecule has 1 aromatic heterocycles. The number of hydrogen-bond acceptors (Lipinski definition) is 5. The van der Waals surface area contributed by atoms with Crippen LogP contribution < -0.4 is 4.90 Å². The van der Waals surface area contributed by atoms with Crippen molar-refractivity contribution < 1.29 is 14.3 Å². The van der Waals surface area contributed by atoms with Crippen molar-refractivity contribution >= 4 is 28.3 Å². The molecule has 1 aromatic carbocycles. The minimum absolute atomic E-state index is 0.0694. The number of anilines is 1. The van der Waals surface area contributed by atoms with Gasteiger partial charge in [-0.05, 0) is 31.7 Å². The molecule has 1 aliphatic rings. The molecule has 3 rings (SSSR count). The van der Waals surface area contributed by atoms with Gasteiger partial charge in [0.25, 0.3) is 0 Å². The van der Waals surface area contributed by atoms with E-state index in [2.05, 4.69) is 4.98 Å². The van der Waals surface area contributed by atoms with Crippen molar-refractivity contribution in [2.45, 2.75) is 58.9 Å². The molecule has 5 nitrogen and oxygen atoms in total. The predicted octanol–water partition coefficient (Wildman–Crippen LogP) is 5.13. The molecule has 1 fully saturated rings. The Morgan fingerprint density at radius 1 is 1.21 bits per heavy atom. The van der Waals surface area contributed by atoms with Crippen LogP contribution in [-0.4, -0.2) is 23.5 Å². The van der Waals surface area contributed by atoms with E-state index in [4.69, 9.17) is 4.74 Å². The fourth-order valence-corrected chi connectivity index (χ4v) is 4.65. The predicted molar refractivity (Wildman–Crippen MR) is 112 cm³/mol. The van der Waals surface area contributed by atoms with Crippen LogP contribution in [0.1, 0.15) is 66.4 Å².